The van der Waals surface area contributed by atoms with Crippen molar-refractivity contribution in [3.8, 4) is 0 Å². The van der Waals surface area contributed by atoms with Gasteiger partial charge in [0.15, 0.2) is 0 Å². The third-order valence-corrected chi connectivity index (χ3v) is 0.512. The van der Waals surface area contributed by atoms with Crippen LogP contribution < -0.4 is 5.73 Å². The summed E-state index contributed by atoms with van der Waals surface area (Å²) >= 11 is 0. The van der Waals surface area contributed by atoms with Gasteiger partial charge < -0.3 is 10.8 Å². The van der Waals surface area contributed by atoms with Crippen LogP contribution in [0.5, 0.6) is 0 Å². The van der Waals surface area contributed by atoms with E-state index < -0.39 is 0 Å². The maximum atomic E-state index is 7.88. The van der Waals surface area contributed by atoms with Gasteiger partial charge in [-0.15, -0.1) is 0 Å². The number of rotatable bonds is 2. The molecular formula is C9H25NO. The number of aliphatic hydroxyl groups excluding tert-OH is 1. The van der Waals surface area contributed by atoms with Crippen LogP contribution >= 0.6 is 0 Å². The molecular weight excluding hydrogens is 138 g/mol. The molecule has 0 rings (SSSR count). The van der Waals surface area contributed by atoms with E-state index in [1.807, 2.05) is 6.92 Å². The third-order valence-electron chi connectivity index (χ3n) is 0.512. The molecule has 0 saturated heterocycles. The molecule has 2 heteroatoms. The van der Waals surface area contributed by atoms with E-state index >= 15 is 0 Å². The van der Waals surface area contributed by atoms with Crippen molar-refractivity contribution in [1.82, 2.24) is 0 Å². The second kappa shape index (κ2) is 32.6. The SMILES string of the molecule is CCC.CCCN.CCCO. The maximum absolute atomic E-state index is 7.88. The second-order valence-electron chi connectivity index (χ2n) is 2.22. The van der Waals surface area contributed by atoms with Crippen molar-refractivity contribution in [1.29, 1.82) is 0 Å². The van der Waals surface area contributed by atoms with E-state index in [2.05, 4.69) is 20.8 Å². The summed E-state index contributed by atoms with van der Waals surface area (Å²) in [6.45, 7) is 9.38. The molecule has 0 atom stereocenters. The molecule has 0 aromatic rings. The smallest absolute Gasteiger partial charge is 0.0428 e. The Labute approximate surface area is 71.8 Å². The van der Waals surface area contributed by atoms with Crippen molar-refractivity contribution < 1.29 is 5.11 Å². The van der Waals surface area contributed by atoms with E-state index in [-0.39, 0.29) is 0 Å². The lowest BCUT2D eigenvalue weighted by Crippen LogP contribution is -1.93. The predicted molar refractivity (Wildman–Crippen MR) is 52.7 cm³/mol. The van der Waals surface area contributed by atoms with Crippen LogP contribution in [0, 0.1) is 0 Å². The first kappa shape index (κ1) is 17.1. The van der Waals surface area contributed by atoms with Crippen molar-refractivity contribution in [2.24, 2.45) is 5.73 Å². The molecule has 0 amide bonds. The zero-order chi connectivity index (χ0) is 9.54. The Morgan fingerprint density at radius 3 is 1.18 bits per heavy atom. The van der Waals surface area contributed by atoms with Crippen molar-refractivity contribution in [3.05, 3.63) is 0 Å². The second-order valence-corrected chi connectivity index (χ2v) is 2.22. The molecule has 0 unspecified atom stereocenters. The highest BCUT2D eigenvalue weighted by molar-refractivity contribution is 4.19. The van der Waals surface area contributed by atoms with Crippen LogP contribution in [-0.2, 0) is 0 Å². The van der Waals surface area contributed by atoms with Crippen molar-refractivity contribution >= 4 is 0 Å². The molecule has 0 aromatic heterocycles. The summed E-state index contributed by atoms with van der Waals surface area (Å²) in [7, 11) is 0. The van der Waals surface area contributed by atoms with Gasteiger partial charge in [-0.1, -0.05) is 34.1 Å². The van der Waals surface area contributed by atoms with Gasteiger partial charge in [-0.25, -0.2) is 0 Å². The van der Waals surface area contributed by atoms with Crippen LogP contribution in [0.15, 0.2) is 0 Å². The van der Waals surface area contributed by atoms with Crippen LogP contribution in [-0.4, -0.2) is 18.3 Å². The molecule has 0 aliphatic heterocycles. The Hall–Kier alpha value is -0.0800. The van der Waals surface area contributed by atoms with E-state index in [9.17, 15) is 0 Å². The van der Waals surface area contributed by atoms with Gasteiger partial charge in [-0.05, 0) is 19.4 Å². The van der Waals surface area contributed by atoms with Crippen LogP contribution in [0.25, 0.3) is 0 Å². The first-order valence-electron chi connectivity index (χ1n) is 4.55. The summed E-state index contributed by atoms with van der Waals surface area (Å²) in [5.74, 6) is 0. The molecule has 0 saturated carbocycles. The highest BCUT2D eigenvalue weighted by atomic mass is 16.2. The van der Waals surface area contributed by atoms with Gasteiger partial charge >= 0.3 is 0 Å². The lowest BCUT2D eigenvalue weighted by molar-refractivity contribution is 0.295. The molecule has 0 aliphatic carbocycles. The summed E-state index contributed by atoms with van der Waals surface area (Å²) in [4.78, 5) is 0. The zero-order valence-electron chi connectivity index (χ0n) is 8.56. The van der Waals surface area contributed by atoms with E-state index in [0.29, 0.717) is 6.61 Å². The summed E-state index contributed by atoms with van der Waals surface area (Å²) in [5.41, 5.74) is 5.03. The lowest BCUT2D eigenvalue weighted by atomic mass is 10.5. The summed E-state index contributed by atoms with van der Waals surface area (Å²) in [6.07, 6.45) is 3.22. The van der Waals surface area contributed by atoms with E-state index in [1.54, 1.807) is 0 Å². The summed E-state index contributed by atoms with van der Waals surface area (Å²) in [6, 6.07) is 0. The van der Waals surface area contributed by atoms with Crippen LogP contribution in [0.2, 0.25) is 0 Å². The molecule has 0 heterocycles. The lowest BCUT2D eigenvalue weighted by Gasteiger charge is -1.70. The normalized spacial score (nSPS) is 7.09. The Kier molecular flexibility index (Phi) is 50.8. The summed E-state index contributed by atoms with van der Waals surface area (Å²) in [5, 5.41) is 7.88. The van der Waals surface area contributed by atoms with Crippen molar-refractivity contribution in [2.45, 2.75) is 47.0 Å². The number of hydrogen-bond donors (Lipinski definition) is 2. The fourth-order valence-corrected chi connectivity index (χ4v) is 0. The predicted octanol–water partition coefficient (Wildman–Crippen LogP) is 2.16. The molecule has 0 aromatic carbocycles. The minimum Gasteiger partial charge on any atom is -0.396 e. The largest absolute Gasteiger partial charge is 0.396 e. The topological polar surface area (TPSA) is 46.2 Å². The van der Waals surface area contributed by atoms with Gasteiger partial charge in [0.25, 0.3) is 0 Å². The minimum absolute atomic E-state index is 0.319. The molecule has 0 radical (unpaired) electrons. The Balaban J connectivity index is -0.0000000886. The van der Waals surface area contributed by atoms with Crippen molar-refractivity contribution in [3.63, 3.8) is 0 Å². The number of aliphatic hydroxyl groups is 1. The highest BCUT2D eigenvalue weighted by Gasteiger charge is 1.57. The molecule has 11 heavy (non-hydrogen) atoms. The van der Waals surface area contributed by atoms with Crippen LogP contribution in [0.1, 0.15) is 47.0 Å². The van der Waals surface area contributed by atoms with E-state index in [4.69, 9.17) is 10.8 Å². The molecule has 0 aliphatic rings. The van der Waals surface area contributed by atoms with Gasteiger partial charge in [0.05, 0.1) is 0 Å². The number of nitrogens with two attached hydrogens (primary N) is 1. The molecule has 0 fully saturated rings. The minimum atomic E-state index is 0.319. The Bertz CT molecular complexity index is 24.7. The standard InChI is InChI=1S/C3H9N.C3H8O.C3H8/c2*1-2-3-4;1-3-2/h2-4H2,1H3;4H,2-3H2,1H3;3H2,1-2H3. The average Bonchev–Trinajstić information content (AvgIpc) is 2.06. The molecule has 72 valence electrons. The van der Waals surface area contributed by atoms with Gasteiger partial charge in [0, 0.05) is 6.61 Å². The highest BCUT2D eigenvalue weighted by Crippen LogP contribution is 1.61. The van der Waals surface area contributed by atoms with Gasteiger partial charge in [-0.2, -0.15) is 0 Å². The quantitative estimate of drug-likeness (QED) is 0.655. The fraction of sp³-hybridized carbons (Fsp3) is 1.00. The van der Waals surface area contributed by atoms with E-state index in [1.165, 1.54) is 6.42 Å². The molecule has 0 spiro atoms. The zero-order valence-corrected chi connectivity index (χ0v) is 8.56. The van der Waals surface area contributed by atoms with Crippen molar-refractivity contribution in [2.75, 3.05) is 13.2 Å². The first-order chi connectivity index (χ1) is 5.24. The number of hydrogen-bond acceptors (Lipinski definition) is 2. The molecule has 2 nitrogen and oxygen atoms in total. The van der Waals surface area contributed by atoms with E-state index in [0.717, 1.165) is 19.4 Å². The third kappa shape index (κ3) is 169. The Morgan fingerprint density at radius 1 is 1.00 bits per heavy atom. The van der Waals surface area contributed by atoms with Crippen LogP contribution in [0.4, 0.5) is 0 Å². The average molecular weight is 163 g/mol. The van der Waals surface area contributed by atoms with Gasteiger partial charge in [-0.3, -0.25) is 0 Å². The maximum Gasteiger partial charge on any atom is 0.0428 e. The molecule has 3 N–H and O–H groups in total. The monoisotopic (exact) mass is 163 g/mol. The Morgan fingerprint density at radius 2 is 1.18 bits per heavy atom. The first-order valence-corrected chi connectivity index (χ1v) is 4.55. The van der Waals surface area contributed by atoms with Gasteiger partial charge in [0.2, 0.25) is 0 Å². The fourth-order valence-electron chi connectivity index (χ4n) is 0. The van der Waals surface area contributed by atoms with Gasteiger partial charge in [0.1, 0.15) is 0 Å². The van der Waals surface area contributed by atoms with Crippen LogP contribution in [0.3, 0.4) is 0 Å². The summed E-state index contributed by atoms with van der Waals surface area (Å²) < 4.78 is 0. The molecule has 0 bridgehead atoms.